The molecular weight excluding hydrogens is 432 g/mol. The van der Waals surface area contributed by atoms with Gasteiger partial charge in [-0.15, -0.1) is 0 Å². The topological polar surface area (TPSA) is 143 Å². The lowest BCUT2D eigenvalue weighted by Gasteiger charge is -2.34. The fourth-order valence-corrected chi connectivity index (χ4v) is 4.50. The first-order valence-corrected chi connectivity index (χ1v) is 11.2. The number of carbonyl (C=O) groups is 2. The van der Waals surface area contributed by atoms with Gasteiger partial charge in [0.2, 0.25) is 10.0 Å². The van der Waals surface area contributed by atoms with Gasteiger partial charge in [0.15, 0.2) is 11.5 Å². The molecule has 1 aliphatic rings. The van der Waals surface area contributed by atoms with E-state index in [0.717, 1.165) is 11.3 Å². The molecule has 0 spiro atoms. The van der Waals surface area contributed by atoms with Gasteiger partial charge in [-0.05, 0) is 12.5 Å². The molecule has 1 aromatic rings. The van der Waals surface area contributed by atoms with Crippen molar-refractivity contribution in [3.8, 4) is 17.2 Å². The summed E-state index contributed by atoms with van der Waals surface area (Å²) in [5.74, 6) is -1.42. The maximum Gasteiger partial charge on any atom is 0.414 e. The molecule has 12 heteroatoms. The molecule has 0 bridgehead atoms. The highest BCUT2D eigenvalue weighted by atomic mass is 32.2. The molecule has 2 N–H and O–H groups in total. The lowest BCUT2D eigenvalue weighted by molar-refractivity contribution is -0.159. The summed E-state index contributed by atoms with van der Waals surface area (Å²) in [5.41, 5.74) is 0.991. The van der Waals surface area contributed by atoms with Crippen LogP contribution in [0.25, 0.3) is 0 Å². The molecule has 1 aliphatic heterocycles. The summed E-state index contributed by atoms with van der Waals surface area (Å²) in [6.07, 6.45) is 0.644. The van der Waals surface area contributed by atoms with Crippen LogP contribution >= 0.6 is 0 Å². The molecule has 11 nitrogen and oxygen atoms in total. The Labute approximate surface area is 182 Å². The summed E-state index contributed by atoms with van der Waals surface area (Å²) >= 11 is 0. The normalized spacial score (nSPS) is 14.8. The molecule has 0 amide bonds. The summed E-state index contributed by atoms with van der Waals surface area (Å²) in [6.45, 7) is 5.00. The zero-order chi connectivity index (χ0) is 23.6. The molecule has 1 fully saturated rings. The standard InChI is InChI=1S/C17H28N2O5S.C2H2O4/c1-5-10-25(20,21)19-8-6-18(7-9-19)13-14-11-16(23-3)17(24-4)12-15(14)22-2;3-1(4)2(5)6/h11-12H,5-10,13H2,1-4H3;(H,3,4)(H,5,6). The number of methoxy groups -OCH3 is 3. The van der Waals surface area contributed by atoms with Gasteiger partial charge in [-0.2, -0.15) is 4.31 Å². The summed E-state index contributed by atoms with van der Waals surface area (Å²) in [5, 5.41) is 14.8. The van der Waals surface area contributed by atoms with Crippen molar-refractivity contribution in [3.63, 3.8) is 0 Å². The van der Waals surface area contributed by atoms with Crippen LogP contribution in [0, 0.1) is 0 Å². The van der Waals surface area contributed by atoms with Crippen LogP contribution in [-0.4, -0.2) is 93.0 Å². The van der Waals surface area contributed by atoms with Crippen LogP contribution in [0.4, 0.5) is 0 Å². The lowest BCUT2D eigenvalue weighted by atomic mass is 10.1. The second kappa shape index (κ2) is 12.3. The van der Waals surface area contributed by atoms with Crippen molar-refractivity contribution < 1.29 is 42.4 Å². The maximum atomic E-state index is 12.2. The minimum atomic E-state index is -3.12. The van der Waals surface area contributed by atoms with Crippen LogP contribution in [0.5, 0.6) is 17.2 Å². The van der Waals surface area contributed by atoms with E-state index in [2.05, 4.69) is 4.90 Å². The molecule has 1 aromatic carbocycles. The first-order chi connectivity index (χ1) is 14.6. The third kappa shape index (κ3) is 7.89. The van der Waals surface area contributed by atoms with Crippen molar-refractivity contribution in [2.45, 2.75) is 19.9 Å². The summed E-state index contributed by atoms with van der Waals surface area (Å²) in [6, 6.07) is 3.73. The number of hydrogen-bond acceptors (Lipinski definition) is 8. The molecule has 0 atom stereocenters. The van der Waals surface area contributed by atoms with Gasteiger partial charge in [0, 0.05) is 44.4 Å². The van der Waals surface area contributed by atoms with Crippen molar-refractivity contribution in [3.05, 3.63) is 17.7 Å². The fraction of sp³-hybridized carbons (Fsp3) is 0.579. The molecule has 0 aromatic heterocycles. The van der Waals surface area contributed by atoms with Gasteiger partial charge < -0.3 is 24.4 Å². The van der Waals surface area contributed by atoms with Crippen LogP contribution in [0.15, 0.2) is 12.1 Å². The van der Waals surface area contributed by atoms with E-state index in [0.29, 0.717) is 50.6 Å². The Bertz CT molecular complexity index is 838. The van der Waals surface area contributed by atoms with E-state index in [-0.39, 0.29) is 5.75 Å². The van der Waals surface area contributed by atoms with Gasteiger partial charge in [0.05, 0.1) is 27.1 Å². The Hall–Kier alpha value is -2.57. The van der Waals surface area contributed by atoms with E-state index in [1.807, 2.05) is 19.1 Å². The van der Waals surface area contributed by atoms with Gasteiger partial charge in [-0.1, -0.05) is 6.92 Å². The number of ether oxygens (including phenoxy) is 3. The Balaban J connectivity index is 0.000000703. The number of carboxylic acids is 2. The number of rotatable bonds is 8. The predicted molar refractivity (Wildman–Crippen MR) is 112 cm³/mol. The number of carboxylic acid groups (broad SMARTS) is 2. The molecule has 1 saturated heterocycles. The number of hydrogen-bond donors (Lipinski definition) is 2. The third-order valence-corrected chi connectivity index (χ3v) is 6.63. The molecule has 176 valence electrons. The number of aliphatic carboxylic acids is 2. The predicted octanol–water partition coefficient (Wildman–Crippen LogP) is 0.725. The SMILES string of the molecule is CCCS(=O)(=O)N1CCN(Cc2cc(OC)c(OC)cc2OC)CC1.O=C(O)C(=O)O. The maximum absolute atomic E-state index is 12.2. The highest BCUT2D eigenvalue weighted by Gasteiger charge is 2.26. The van der Waals surface area contributed by atoms with E-state index >= 15 is 0 Å². The molecule has 0 saturated carbocycles. The summed E-state index contributed by atoms with van der Waals surface area (Å²) < 4.78 is 42.1. The van der Waals surface area contributed by atoms with Crippen LogP contribution < -0.4 is 14.2 Å². The lowest BCUT2D eigenvalue weighted by Crippen LogP contribution is -2.48. The van der Waals surface area contributed by atoms with Gasteiger partial charge in [0.1, 0.15) is 5.75 Å². The highest BCUT2D eigenvalue weighted by molar-refractivity contribution is 7.89. The van der Waals surface area contributed by atoms with Crippen LogP contribution in [-0.2, 0) is 26.2 Å². The second-order valence-corrected chi connectivity index (χ2v) is 8.71. The highest BCUT2D eigenvalue weighted by Crippen LogP contribution is 2.35. The largest absolute Gasteiger partial charge is 0.496 e. The van der Waals surface area contributed by atoms with Crippen molar-refractivity contribution >= 4 is 22.0 Å². The van der Waals surface area contributed by atoms with Gasteiger partial charge in [-0.25, -0.2) is 18.0 Å². The van der Waals surface area contributed by atoms with Crippen molar-refractivity contribution in [2.24, 2.45) is 0 Å². The number of nitrogens with zero attached hydrogens (tertiary/aromatic N) is 2. The molecule has 31 heavy (non-hydrogen) atoms. The van der Waals surface area contributed by atoms with Crippen LogP contribution in [0.2, 0.25) is 0 Å². The second-order valence-electron chi connectivity index (χ2n) is 6.62. The van der Waals surface area contributed by atoms with Gasteiger partial charge in [0.25, 0.3) is 0 Å². The molecule has 0 aliphatic carbocycles. The summed E-state index contributed by atoms with van der Waals surface area (Å²) in [7, 11) is 1.70. The van der Waals surface area contributed by atoms with Gasteiger partial charge in [-0.3, -0.25) is 4.90 Å². The van der Waals surface area contributed by atoms with E-state index < -0.39 is 22.0 Å². The van der Waals surface area contributed by atoms with Crippen molar-refractivity contribution in [1.29, 1.82) is 0 Å². The van der Waals surface area contributed by atoms with Crippen molar-refractivity contribution in [2.75, 3.05) is 53.3 Å². The minimum Gasteiger partial charge on any atom is -0.496 e. The zero-order valence-electron chi connectivity index (χ0n) is 18.2. The zero-order valence-corrected chi connectivity index (χ0v) is 19.0. The number of benzene rings is 1. The molecule has 2 rings (SSSR count). The molecule has 1 heterocycles. The summed E-state index contributed by atoms with van der Waals surface area (Å²) in [4.78, 5) is 20.4. The smallest absolute Gasteiger partial charge is 0.414 e. The van der Waals surface area contributed by atoms with Crippen LogP contribution in [0.3, 0.4) is 0 Å². The van der Waals surface area contributed by atoms with E-state index in [9.17, 15) is 8.42 Å². The minimum absolute atomic E-state index is 0.219. The first-order valence-electron chi connectivity index (χ1n) is 9.54. The van der Waals surface area contributed by atoms with Gasteiger partial charge >= 0.3 is 11.9 Å². The monoisotopic (exact) mass is 462 g/mol. The quantitative estimate of drug-likeness (QED) is 0.531. The Kier molecular flexibility index (Phi) is 10.5. The Morgan fingerprint density at radius 2 is 1.39 bits per heavy atom. The van der Waals surface area contributed by atoms with E-state index in [1.165, 1.54) is 0 Å². The molecular formula is C19H30N2O9S. The third-order valence-electron chi connectivity index (χ3n) is 4.55. The number of piperazine rings is 1. The first kappa shape index (κ1) is 26.5. The average Bonchev–Trinajstić information content (AvgIpc) is 2.74. The van der Waals surface area contributed by atoms with Crippen LogP contribution in [0.1, 0.15) is 18.9 Å². The fourth-order valence-electron chi connectivity index (χ4n) is 3.01. The van der Waals surface area contributed by atoms with E-state index in [1.54, 1.807) is 25.6 Å². The van der Waals surface area contributed by atoms with E-state index in [4.69, 9.17) is 34.0 Å². The molecule has 0 unspecified atom stereocenters. The average molecular weight is 463 g/mol. The molecule has 0 radical (unpaired) electrons. The Morgan fingerprint density at radius 3 is 1.81 bits per heavy atom. The number of sulfonamides is 1. The Morgan fingerprint density at radius 1 is 0.903 bits per heavy atom. The van der Waals surface area contributed by atoms with Crippen molar-refractivity contribution in [1.82, 2.24) is 9.21 Å².